The number of rotatable bonds is 10. The van der Waals surface area contributed by atoms with Gasteiger partial charge in [-0.25, -0.2) is 18.7 Å². The second kappa shape index (κ2) is 12.1. The molecule has 4 atom stereocenters. The van der Waals surface area contributed by atoms with E-state index in [2.05, 4.69) is 31.2 Å². The number of halogens is 3. The molecule has 13 heteroatoms. The first kappa shape index (κ1) is 27.6. The van der Waals surface area contributed by atoms with Crippen molar-refractivity contribution in [3.8, 4) is 11.5 Å². The maximum atomic E-state index is 13.6. The van der Waals surface area contributed by atoms with E-state index in [0.717, 1.165) is 0 Å². The number of hydrogen-bond acceptors (Lipinski definition) is 9. The van der Waals surface area contributed by atoms with Crippen molar-refractivity contribution in [2.24, 2.45) is 0 Å². The van der Waals surface area contributed by atoms with Crippen molar-refractivity contribution in [1.82, 2.24) is 9.97 Å². The molecule has 10 nitrogen and oxygen atoms in total. The van der Waals surface area contributed by atoms with Crippen LogP contribution >= 0.6 is 15.9 Å². The van der Waals surface area contributed by atoms with Crippen molar-refractivity contribution in [2.75, 3.05) is 25.6 Å². The van der Waals surface area contributed by atoms with Crippen LogP contribution in [0.2, 0.25) is 0 Å². The third-order valence-electron chi connectivity index (χ3n) is 4.84. The molecule has 0 spiro atoms. The number of anilines is 2. The van der Waals surface area contributed by atoms with Gasteiger partial charge in [-0.1, -0.05) is 0 Å². The van der Waals surface area contributed by atoms with Gasteiger partial charge in [0.25, 0.3) is 0 Å². The van der Waals surface area contributed by atoms with Crippen LogP contribution in [0.5, 0.6) is 11.5 Å². The average molecular weight is 548 g/mol. The zero-order valence-corrected chi connectivity index (χ0v) is 19.4. The van der Waals surface area contributed by atoms with Crippen molar-refractivity contribution >= 4 is 38.3 Å². The van der Waals surface area contributed by atoms with Crippen LogP contribution in [0.1, 0.15) is 0 Å². The predicted octanol–water partition coefficient (Wildman–Crippen LogP) is 1.25. The SMILES string of the molecule is COc1cc2c(Nc3ccc(F)cc3Br)ncnc2cc1O[C@H](CO)[C@H](O)[C@@H](O)[C@H](F)CO.O. The van der Waals surface area contributed by atoms with Gasteiger partial charge in [0, 0.05) is 15.9 Å². The molecule has 0 fully saturated rings. The summed E-state index contributed by atoms with van der Waals surface area (Å²) in [5.74, 6) is 0.210. The first-order valence-electron chi connectivity index (χ1n) is 9.72. The van der Waals surface area contributed by atoms with Gasteiger partial charge in [-0.3, -0.25) is 0 Å². The maximum Gasteiger partial charge on any atom is 0.164 e. The van der Waals surface area contributed by atoms with Crippen LogP contribution in [0, 0.1) is 5.82 Å². The molecule has 1 aromatic heterocycles. The fourth-order valence-electron chi connectivity index (χ4n) is 3.05. The summed E-state index contributed by atoms with van der Waals surface area (Å²) in [6, 6.07) is 7.13. The van der Waals surface area contributed by atoms with E-state index in [9.17, 15) is 24.1 Å². The lowest BCUT2D eigenvalue weighted by Crippen LogP contribution is -2.48. The van der Waals surface area contributed by atoms with Crippen molar-refractivity contribution in [1.29, 1.82) is 0 Å². The molecule has 2 aromatic carbocycles. The van der Waals surface area contributed by atoms with E-state index in [1.54, 1.807) is 6.07 Å². The molecule has 186 valence electrons. The van der Waals surface area contributed by atoms with Gasteiger partial charge in [0.05, 0.1) is 31.5 Å². The standard InChI is InChI=1S/C21H22BrF2N3O6.H2O/c1-32-16-5-11-15(6-17(16)33-18(8-29)20(31)19(30)13(24)7-28)25-9-26-21(11)27-14-3-2-10(23)4-12(14)22;/h2-6,9,13,18-20,28-31H,7-8H2,1H3,(H,25,26,27);1H2/t13-,18-,19+,20+;/m1./s1. The Hall–Kier alpha value is -2.68. The zero-order chi connectivity index (χ0) is 24.1. The van der Waals surface area contributed by atoms with Crippen LogP contribution in [0.25, 0.3) is 10.9 Å². The Morgan fingerprint density at radius 2 is 1.79 bits per heavy atom. The molecule has 1 heterocycles. The van der Waals surface area contributed by atoms with Crippen molar-refractivity contribution in [2.45, 2.75) is 24.5 Å². The summed E-state index contributed by atoms with van der Waals surface area (Å²) in [6.07, 6.45) is -6.08. The largest absolute Gasteiger partial charge is 0.493 e. The molecule has 0 aliphatic heterocycles. The number of methoxy groups -OCH3 is 1. The van der Waals surface area contributed by atoms with Crippen LogP contribution in [0.3, 0.4) is 0 Å². The summed E-state index contributed by atoms with van der Waals surface area (Å²) >= 11 is 3.28. The zero-order valence-electron chi connectivity index (χ0n) is 17.8. The van der Waals surface area contributed by atoms with Crippen LogP contribution in [-0.2, 0) is 0 Å². The third-order valence-corrected chi connectivity index (χ3v) is 5.50. The molecular formula is C21H24BrF2N3O7. The lowest BCUT2D eigenvalue weighted by Gasteiger charge is -2.28. The smallest absolute Gasteiger partial charge is 0.164 e. The van der Waals surface area contributed by atoms with Crippen LogP contribution < -0.4 is 14.8 Å². The number of ether oxygens (including phenoxy) is 2. The minimum atomic E-state index is -2.12. The van der Waals surface area contributed by atoms with Crippen molar-refractivity contribution < 1.29 is 44.2 Å². The predicted molar refractivity (Wildman–Crippen MR) is 123 cm³/mol. The summed E-state index contributed by atoms with van der Waals surface area (Å²) in [6.45, 7) is -1.76. The Bertz CT molecular complexity index is 1110. The number of alkyl halides is 1. The quantitative estimate of drug-likeness (QED) is 0.250. The molecule has 0 saturated heterocycles. The molecule has 0 radical (unpaired) electrons. The summed E-state index contributed by atoms with van der Waals surface area (Å²) in [7, 11) is 1.37. The Morgan fingerprint density at radius 3 is 2.41 bits per heavy atom. The molecule has 0 saturated carbocycles. The lowest BCUT2D eigenvalue weighted by molar-refractivity contribution is -0.0981. The lowest BCUT2D eigenvalue weighted by atomic mass is 10.0. The van der Waals surface area contributed by atoms with Crippen LogP contribution in [0.4, 0.5) is 20.3 Å². The number of aliphatic hydroxyl groups is 4. The van der Waals surface area contributed by atoms with E-state index in [4.69, 9.17) is 14.6 Å². The number of nitrogens with one attached hydrogen (secondary N) is 1. The van der Waals surface area contributed by atoms with Crippen molar-refractivity contribution in [3.63, 3.8) is 0 Å². The third kappa shape index (κ3) is 6.05. The number of fused-ring (bicyclic) bond motifs is 1. The van der Waals surface area contributed by atoms with E-state index in [0.29, 0.717) is 26.9 Å². The van der Waals surface area contributed by atoms with Crippen LogP contribution in [0.15, 0.2) is 41.1 Å². The molecule has 34 heavy (non-hydrogen) atoms. The molecule has 0 aliphatic carbocycles. The van der Waals surface area contributed by atoms with Gasteiger partial charge in [0.2, 0.25) is 0 Å². The number of benzene rings is 2. The molecular weight excluding hydrogens is 524 g/mol. The number of nitrogens with zero attached hydrogens (tertiary/aromatic N) is 2. The van der Waals surface area contributed by atoms with Gasteiger partial charge in [-0.2, -0.15) is 0 Å². The number of aromatic nitrogens is 2. The average Bonchev–Trinajstić information content (AvgIpc) is 2.82. The molecule has 0 amide bonds. The van der Waals surface area contributed by atoms with E-state index in [-0.39, 0.29) is 17.0 Å². The van der Waals surface area contributed by atoms with Gasteiger partial charge in [0.15, 0.2) is 23.8 Å². The summed E-state index contributed by atoms with van der Waals surface area (Å²) in [5, 5.41) is 42.0. The molecule has 3 aromatic rings. The highest BCUT2D eigenvalue weighted by Gasteiger charge is 2.34. The second-order valence-corrected chi connectivity index (χ2v) is 7.86. The topological polar surface area (TPSA) is 169 Å². The normalized spacial score (nSPS) is 14.6. The highest BCUT2D eigenvalue weighted by Crippen LogP contribution is 2.36. The van der Waals surface area contributed by atoms with Crippen molar-refractivity contribution in [3.05, 3.63) is 46.9 Å². The Labute approximate surface area is 201 Å². The maximum absolute atomic E-state index is 13.6. The molecule has 3 rings (SSSR count). The number of hydrogen-bond donors (Lipinski definition) is 5. The molecule has 0 unspecified atom stereocenters. The summed E-state index contributed by atoms with van der Waals surface area (Å²) in [5.41, 5.74) is 0.949. The van der Waals surface area contributed by atoms with E-state index < -0.39 is 43.5 Å². The highest BCUT2D eigenvalue weighted by atomic mass is 79.9. The summed E-state index contributed by atoms with van der Waals surface area (Å²) < 4.78 is 38.4. The van der Waals surface area contributed by atoms with E-state index in [1.165, 1.54) is 37.7 Å². The minimum absolute atomic E-state index is 0. The number of aliphatic hydroxyl groups excluding tert-OH is 4. The molecule has 7 N–H and O–H groups in total. The van der Waals surface area contributed by atoms with Gasteiger partial charge in [0.1, 0.15) is 30.2 Å². The Balaban J connectivity index is 0.00000408. The van der Waals surface area contributed by atoms with Gasteiger partial charge in [-0.15, -0.1) is 0 Å². The Morgan fingerprint density at radius 1 is 1.06 bits per heavy atom. The van der Waals surface area contributed by atoms with Gasteiger partial charge >= 0.3 is 0 Å². The fourth-order valence-corrected chi connectivity index (χ4v) is 3.50. The minimum Gasteiger partial charge on any atom is -0.493 e. The highest BCUT2D eigenvalue weighted by molar-refractivity contribution is 9.10. The summed E-state index contributed by atoms with van der Waals surface area (Å²) in [4.78, 5) is 8.40. The monoisotopic (exact) mass is 547 g/mol. The first-order chi connectivity index (χ1) is 15.8. The first-order valence-corrected chi connectivity index (χ1v) is 10.5. The van der Waals surface area contributed by atoms with E-state index in [1.807, 2.05) is 0 Å². The van der Waals surface area contributed by atoms with Gasteiger partial charge in [-0.05, 0) is 40.2 Å². The van der Waals surface area contributed by atoms with Gasteiger partial charge < -0.3 is 40.7 Å². The van der Waals surface area contributed by atoms with Crippen LogP contribution in [-0.4, -0.2) is 80.7 Å². The fraction of sp³-hybridized carbons (Fsp3) is 0.333. The molecule has 0 aliphatic rings. The molecule has 0 bridgehead atoms. The second-order valence-electron chi connectivity index (χ2n) is 7.01. The Kier molecular flexibility index (Phi) is 9.85. The van der Waals surface area contributed by atoms with E-state index >= 15 is 0 Å².